The van der Waals surface area contributed by atoms with Crippen LogP contribution in [0.1, 0.15) is 57.7 Å². The average molecular weight is 442 g/mol. The standard InChI is InChI=1S/C24H28ClN3O3/c1-23(2)12-17(13-24(3,4)28-23)27-21(22(29)30)15-9-10-20(18(25)11-15)31-19-8-6-5-7-16(19)14-26/h5-11,17,21,27-28H,12-13H2,1-4H3,(H,29,30). The van der Waals surface area contributed by atoms with Crippen molar-refractivity contribution in [3.05, 3.63) is 58.6 Å². The van der Waals surface area contributed by atoms with Gasteiger partial charge in [0, 0.05) is 17.1 Å². The van der Waals surface area contributed by atoms with Gasteiger partial charge in [0.2, 0.25) is 0 Å². The highest BCUT2D eigenvalue weighted by Gasteiger charge is 2.39. The fourth-order valence-corrected chi connectivity index (χ4v) is 4.76. The maximum atomic E-state index is 12.1. The molecule has 6 nitrogen and oxygen atoms in total. The quantitative estimate of drug-likeness (QED) is 0.582. The van der Waals surface area contributed by atoms with Crippen LogP contribution in [0.2, 0.25) is 5.02 Å². The van der Waals surface area contributed by atoms with Crippen LogP contribution in [0.4, 0.5) is 0 Å². The fraction of sp³-hybridized carbons (Fsp3) is 0.417. The zero-order valence-electron chi connectivity index (χ0n) is 18.2. The van der Waals surface area contributed by atoms with Gasteiger partial charge in [-0.2, -0.15) is 5.26 Å². The Morgan fingerprint density at radius 1 is 1.19 bits per heavy atom. The van der Waals surface area contributed by atoms with Crippen molar-refractivity contribution in [1.82, 2.24) is 10.6 Å². The van der Waals surface area contributed by atoms with Crippen molar-refractivity contribution in [2.24, 2.45) is 0 Å². The summed E-state index contributed by atoms with van der Waals surface area (Å²) in [6.07, 6.45) is 1.61. The van der Waals surface area contributed by atoms with Gasteiger partial charge in [-0.05, 0) is 70.4 Å². The number of rotatable bonds is 6. The molecule has 164 valence electrons. The molecule has 0 saturated carbocycles. The number of hydrogen-bond donors (Lipinski definition) is 3. The van der Waals surface area contributed by atoms with E-state index in [0.717, 1.165) is 12.8 Å². The lowest BCUT2D eigenvalue weighted by Crippen LogP contribution is -2.62. The summed E-state index contributed by atoms with van der Waals surface area (Å²) in [5, 5.41) is 26.3. The summed E-state index contributed by atoms with van der Waals surface area (Å²) in [6, 6.07) is 13.0. The van der Waals surface area contributed by atoms with Crippen molar-refractivity contribution in [2.75, 3.05) is 0 Å². The van der Waals surface area contributed by atoms with Crippen LogP contribution in [-0.2, 0) is 4.79 Å². The highest BCUT2D eigenvalue weighted by molar-refractivity contribution is 6.32. The number of nitrogens with zero attached hydrogens (tertiary/aromatic N) is 1. The molecule has 2 aromatic rings. The Morgan fingerprint density at radius 2 is 1.84 bits per heavy atom. The molecule has 3 N–H and O–H groups in total. The minimum absolute atomic E-state index is 0.0320. The van der Waals surface area contributed by atoms with E-state index in [4.69, 9.17) is 16.3 Å². The summed E-state index contributed by atoms with van der Waals surface area (Å²) in [7, 11) is 0. The molecule has 3 rings (SSSR count). The third kappa shape index (κ3) is 5.76. The predicted octanol–water partition coefficient (Wildman–Crippen LogP) is 5.03. The number of hydrogen-bond acceptors (Lipinski definition) is 5. The number of ether oxygens (including phenoxy) is 1. The van der Waals surface area contributed by atoms with E-state index < -0.39 is 12.0 Å². The topological polar surface area (TPSA) is 94.4 Å². The van der Waals surface area contributed by atoms with Crippen molar-refractivity contribution in [1.29, 1.82) is 5.26 Å². The van der Waals surface area contributed by atoms with E-state index in [0.29, 0.717) is 22.6 Å². The van der Waals surface area contributed by atoms with Gasteiger partial charge in [0.05, 0.1) is 10.6 Å². The molecule has 1 saturated heterocycles. The maximum Gasteiger partial charge on any atom is 0.325 e. The number of piperidine rings is 1. The van der Waals surface area contributed by atoms with Crippen molar-refractivity contribution in [3.63, 3.8) is 0 Å². The van der Waals surface area contributed by atoms with Crippen LogP contribution < -0.4 is 15.4 Å². The number of aliphatic carboxylic acids is 1. The molecule has 31 heavy (non-hydrogen) atoms. The van der Waals surface area contributed by atoms with Crippen LogP contribution in [0.3, 0.4) is 0 Å². The summed E-state index contributed by atoms with van der Waals surface area (Å²) < 4.78 is 5.80. The van der Waals surface area contributed by atoms with E-state index in [2.05, 4.69) is 44.4 Å². The molecule has 1 aliphatic rings. The first-order valence-corrected chi connectivity index (χ1v) is 10.6. The minimum Gasteiger partial charge on any atom is -0.480 e. The molecule has 1 unspecified atom stereocenters. The number of nitrogens with one attached hydrogen (secondary N) is 2. The van der Waals surface area contributed by atoms with Crippen LogP contribution >= 0.6 is 11.6 Å². The van der Waals surface area contributed by atoms with Crippen molar-refractivity contribution in [2.45, 2.75) is 63.7 Å². The van der Waals surface area contributed by atoms with E-state index in [1.165, 1.54) is 0 Å². The van der Waals surface area contributed by atoms with Crippen molar-refractivity contribution < 1.29 is 14.6 Å². The van der Waals surface area contributed by atoms with E-state index in [1.54, 1.807) is 42.5 Å². The molecular weight excluding hydrogens is 414 g/mol. The summed E-state index contributed by atoms with van der Waals surface area (Å²) in [5.41, 5.74) is 0.731. The zero-order valence-corrected chi connectivity index (χ0v) is 19.0. The molecule has 1 heterocycles. The SMILES string of the molecule is CC1(C)CC(NC(C(=O)O)c2ccc(Oc3ccccc3C#N)c(Cl)c2)CC(C)(C)N1. The highest BCUT2D eigenvalue weighted by atomic mass is 35.5. The smallest absolute Gasteiger partial charge is 0.325 e. The number of benzene rings is 2. The second-order valence-electron chi connectivity index (χ2n) is 9.34. The predicted molar refractivity (Wildman–Crippen MR) is 121 cm³/mol. The van der Waals surface area contributed by atoms with Gasteiger partial charge >= 0.3 is 5.97 Å². The van der Waals surface area contributed by atoms with Gasteiger partial charge in [-0.25, -0.2) is 0 Å². The monoisotopic (exact) mass is 441 g/mol. The van der Waals surface area contributed by atoms with E-state index in [1.807, 2.05) is 0 Å². The zero-order chi connectivity index (χ0) is 22.8. The molecule has 7 heteroatoms. The number of carboxylic acid groups (broad SMARTS) is 1. The van der Waals surface area contributed by atoms with Crippen LogP contribution in [-0.4, -0.2) is 28.2 Å². The van der Waals surface area contributed by atoms with Gasteiger partial charge in [0.15, 0.2) is 0 Å². The summed E-state index contributed by atoms with van der Waals surface area (Å²) in [5.74, 6) is -0.207. The van der Waals surface area contributed by atoms with Gasteiger partial charge in [-0.15, -0.1) is 0 Å². The van der Waals surface area contributed by atoms with Gasteiger partial charge in [-0.1, -0.05) is 29.8 Å². The number of para-hydroxylation sites is 1. The normalized spacial score (nSPS) is 18.7. The lowest BCUT2D eigenvalue weighted by atomic mass is 9.79. The van der Waals surface area contributed by atoms with E-state index >= 15 is 0 Å². The van der Waals surface area contributed by atoms with Crippen molar-refractivity contribution >= 4 is 17.6 Å². The second kappa shape index (κ2) is 8.88. The Bertz CT molecular complexity index is 997. The Morgan fingerprint density at radius 3 is 2.42 bits per heavy atom. The molecule has 0 spiro atoms. The molecular formula is C24H28ClN3O3. The van der Waals surface area contributed by atoms with E-state index in [-0.39, 0.29) is 22.1 Å². The molecule has 1 aliphatic heterocycles. The molecule has 0 aliphatic carbocycles. The average Bonchev–Trinajstić information content (AvgIpc) is 2.65. The van der Waals surface area contributed by atoms with Gasteiger partial charge in [0.1, 0.15) is 23.6 Å². The molecule has 0 amide bonds. The van der Waals surface area contributed by atoms with E-state index in [9.17, 15) is 15.2 Å². The largest absolute Gasteiger partial charge is 0.480 e. The maximum absolute atomic E-state index is 12.1. The molecule has 1 atom stereocenters. The summed E-state index contributed by atoms with van der Waals surface area (Å²) in [4.78, 5) is 12.1. The minimum atomic E-state index is -0.964. The second-order valence-corrected chi connectivity index (χ2v) is 9.74. The third-order valence-electron chi connectivity index (χ3n) is 5.36. The Hall–Kier alpha value is -2.59. The Kier molecular flexibility index (Phi) is 6.61. The number of nitriles is 1. The van der Waals surface area contributed by atoms with Gasteiger partial charge < -0.3 is 15.2 Å². The Labute approximate surface area is 188 Å². The highest BCUT2D eigenvalue weighted by Crippen LogP contribution is 2.34. The van der Waals surface area contributed by atoms with Gasteiger partial charge in [-0.3, -0.25) is 10.1 Å². The number of carbonyl (C=O) groups is 1. The summed E-state index contributed by atoms with van der Waals surface area (Å²) >= 11 is 6.42. The molecule has 0 bridgehead atoms. The lowest BCUT2D eigenvalue weighted by Gasteiger charge is -2.47. The molecule has 1 fully saturated rings. The fourth-order valence-electron chi connectivity index (χ4n) is 4.53. The van der Waals surface area contributed by atoms with Crippen LogP contribution in [0, 0.1) is 11.3 Å². The van der Waals surface area contributed by atoms with Crippen LogP contribution in [0.25, 0.3) is 0 Å². The third-order valence-corrected chi connectivity index (χ3v) is 5.65. The summed E-state index contributed by atoms with van der Waals surface area (Å²) in [6.45, 7) is 8.50. The lowest BCUT2D eigenvalue weighted by molar-refractivity contribution is -0.140. The number of halogens is 1. The Balaban J connectivity index is 1.82. The molecule has 0 radical (unpaired) electrons. The number of carboxylic acids is 1. The van der Waals surface area contributed by atoms with Gasteiger partial charge in [0.25, 0.3) is 0 Å². The first kappa shape index (κ1) is 23.1. The van der Waals surface area contributed by atoms with Crippen LogP contribution in [0.15, 0.2) is 42.5 Å². The first-order chi connectivity index (χ1) is 14.5. The molecule has 2 aromatic carbocycles. The first-order valence-electron chi connectivity index (χ1n) is 10.2. The van der Waals surface area contributed by atoms with Crippen LogP contribution in [0.5, 0.6) is 11.5 Å². The van der Waals surface area contributed by atoms with Crippen molar-refractivity contribution in [3.8, 4) is 17.6 Å². The molecule has 0 aromatic heterocycles.